The molecule has 3 rings (SSSR count). The highest BCUT2D eigenvalue weighted by Crippen LogP contribution is 2.36. The van der Waals surface area contributed by atoms with Crippen LogP contribution in [0.3, 0.4) is 0 Å². The third kappa shape index (κ3) is 1.92. The summed E-state index contributed by atoms with van der Waals surface area (Å²) in [6.45, 7) is 4.72. The van der Waals surface area contributed by atoms with Crippen LogP contribution in [0.5, 0.6) is 0 Å². The Morgan fingerprint density at radius 2 is 1.35 bits per heavy atom. The van der Waals surface area contributed by atoms with Gasteiger partial charge in [-0.25, -0.2) is 0 Å². The minimum atomic E-state index is 0.703. The van der Waals surface area contributed by atoms with Crippen molar-refractivity contribution in [2.24, 2.45) is 0 Å². The molecular weight excluding hydrogens is 204 g/mol. The molecule has 0 nitrogen and oxygen atoms in total. The van der Waals surface area contributed by atoms with E-state index in [-0.39, 0.29) is 0 Å². The quantitative estimate of drug-likeness (QED) is 0.660. The molecule has 2 aliphatic rings. The average molecular weight is 228 g/mol. The second-order valence-corrected chi connectivity index (χ2v) is 6.13. The Morgan fingerprint density at radius 1 is 0.765 bits per heavy atom. The van der Waals surface area contributed by atoms with E-state index in [4.69, 9.17) is 0 Å². The highest BCUT2D eigenvalue weighted by atomic mass is 14.3. The van der Waals surface area contributed by atoms with Gasteiger partial charge in [0.2, 0.25) is 0 Å². The topological polar surface area (TPSA) is 0 Å². The monoisotopic (exact) mass is 228 g/mol. The van der Waals surface area contributed by atoms with Crippen LogP contribution in [-0.4, -0.2) is 0 Å². The summed E-state index contributed by atoms with van der Waals surface area (Å²) in [7, 11) is 0. The van der Waals surface area contributed by atoms with Crippen molar-refractivity contribution >= 4 is 0 Å². The van der Waals surface area contributed by atoms with Gasteiger partial charge in [-0.15, -0.1) is 0 Å². The lowest BCUT2D eigenvalue weighted by Gasteiger charge is -2.29. The molecule has 0 aromatic heterocycles. The fourth-order valence-corrected chi connectivity index (χ4v) is 3.78. The second-order valence-electron chi connectivity index (χ2n) is 6.13. The van der Waals surface area contributed by atoms with Crippen molar-refractivity contribution in [1.82, 2.24) is 0 Å². The van der Waals surface area contributed by atoms with Crippen LogP contribution in [0.4, 0.5) is 0 Å². The third-order valence-electron chi connectivity index (χ3n) is 4.64. The second kappa shape index (κ2) is 4.48. The third-order valence-corrected chi connectivity index (χ3v) is 4.64. The molecule has 0 saturated carbocycles. The van der Waals surface area contributed by atoms with Crippen LogP contribution >= 0.6 is 0 Å². The van der Waals surface area contributed by atoms with E-state index in [0.717, 1.165) is 0 Å². The van der Waals surface area contributed by atoms with Gasteiger partial charge in [-0.1, -0.05) is 19.9 Å². The lowest BCUT2D eigenvalue weighted by molar-refractivity contribution is 0.629. The van der Waals surface area contributed by atoms with E-state index in [9.17, 15) is 0 Å². The maximum atomic E-state index is 2.56. The summed E-state index contributed by atoms with van der Waals surface area (Å²) in [5.74, 6) is 0.703. The first-order valence-corrected chi connectivity index (χ1v) is 7.43. The summed E-state index contributed by atoms with van der Waals surface area (Å²) >= 11 is 0. The van der Waals surface area contributed by atoms with Gasteiger partial charge < -0.3 is 0 Å². The Hall–Kier alpha value is -0.780. The SMILES string of the molecule is CC(C)c1cc2c(c3c1CCCC3)CCCC2. The van der Waals surface area contributed by atoms with Crippen molar-refractivity contribution in [3.63, 3.8) is 0 Å². The molecule has 0 atom stereocenters. The zero-order valence-electron chi connectivity index (χ0n) is 11.3. The zero-order chi connectivity index (χ0) is 11.8. The number of hydrogen-bond donors (Lipinski definition) is 0. The van der Waals surface area contributed by atoms with E-state index in [2.05, 4.69) is 19.9 Å². The van der Waals surface area contributed by atoms with Crippen LogP contribution in [0.1, 0.15) is 73.3 Å². The van der Waals surface area contributed by atoms with Crippen molar-refractivity contribution in [3.05, 3.63) is 33.9 Å². The minimum Gasteiger partial charge on any atom is -0.0587 e. The summed E-state index contributed by atoms with van der Waals surface area (Å²) in [6.07, 6.45) is 11.0. The molecule has 17 heavy (non-hydrogen) atoms. The van der Waals surface area contributed by atoms with Gasteiger partial charge in [0.05, 0.1) is 0 Å². The van der Waals surface area contributed by atoms with E-state index in [1.54, 1.807) is 27.8 Å². The smallest absolute Gasteiger partial charge is 0.0216 e. The van der Waals surface area contributed by atoms with E-state index in [0.29, 0.717) is 5.92 Å². The van der Waals surface area contributed by atoms with Crippen molar-refractivity contribution in [1.29, 1.82) is 0 Å². The van der Waals surface area contributed by atoms with Crippen molar-refractivity contribution in [3.8, 4) is 0 Å². The Bertz CT molecular complexity index is 426. The van der Waals surface area contributed by atoms with Crippen LogP contribution in [0.25, 0.3) is 0 Å². The molecule has 0 heteroatoms. The number of benzene rings is 1. The van der Waals surface area contributed by atoms with E-state index >= 15 is 0 Å². The van der Waals surface area contributed by atoms with Gasteiger partial charge >= 0.3 is 0 Å². The Balaban J connectivity index is 2.18. The fraction of sp³-hybridized carbons (Fsp3) is 0.647. The van der Waals surface area contributed by atoms with Gasteiger partial charge in [0.15, 0.2) is 0 Å². The fourth-order valence-electron chi connectivity index (χ4n) is 3.78. The van der Waals surface area contributed by atoms with Crippen LogP contribution < -0.4 is 0 Å². The van der Waals surface area contributed by atoms with Gasteiger partial charge in [0.1, 0.15) is 0 Å². The largest absolute Gasteiger partial charge is 0.0587 e. The van der Waals surface area contributed by atoms with Gasteiger partial charge in [-0.2, -0.15) is 0 Å². The molecule has 92 valence electrons. The molecule has 0 N–H and O–H groups in total. The first-order valence-electron chi connectivity index (χ1n) is 7.43. The Kier molecular flexibility index (Phi) is 2.98. The molecule has 0 aliphatic heterocycles. The molecule has 1 aromatic rings. The lowest BCUT2D eigenvalue weighted by Crippen LogP contribution is -2.15. The molecule has 0 amide bonds. The highest BCUT2D eigenvalue weighted by Gasteiger charge is 2.22. The summed E-state index contributed by atoms with van der Waals surface area (Å²) in [6, 6.07) is 2.56. The van der Waals surface area contributed by atoms with Gasteiger partial charge in [0.25, 0.3) is 0 Å². The Labute approximate surface area is 105 Å². The average Bonchev–Trinajstić information content (AvgIpc) is 2.37. The van der Waals surface area contributed by atoms with Gasteiger partial charge in [0, 0.05) is 0 Å². The summed E-state index contributed by atoms with van der Waals surface area (Å²) < 4.78 is 0. The molecule has 0 bridgehead atoms. The van der Waals surface area contributed by atoms with Crippen molar-refractivity contribution in [2.45, 2.75) is 71.1 Å². The number of fused-ring (bicyclic) bond motifs is 3. The van der Waals surface area contributed by atoms with Crippen molar-refractivity contribution < 1.29 is 0 Å². The summed E-state index contributed by atoms with van der Waals surface area (Å²) in [5.41, 5.74) is 8.64. The normalized spacial score (nSPS) is 19.0. The number of hydrogen-bond acceptors (Lipinski definition) is 0. The maximum absolute atomic E-state index is 2.56. The van der Waals surface area contributed by atoms with E-state index in [1.807, 2.05) is 0 Å². The number of rotatable bonds is 1. The molecule has 0 radical (unpaired) electrons. The van der Waals surface area contributed by atoms with E-state index in [1.165, 1.54) is 51.4 Å². The summed E-state index contributed by atoms with van der Waals surface area (Å²) in [4.78, 5) is 0. The van der Waals surface area contributed by atoms with Crippen molar-refractivity contribution in [2.75, 3.05) is 0 Å². The molecule has 0 spiro atoms. The molecular formula is C17H24. The molecule has 2 aliphatic carbocycles. The molecule has 0 saturated heterocycles. The predicted molar refractivity (Wildman–Crippen MR) is 73.8 cm³/mol. The zero-order valence-corrected chi connectivity index (χ0v) is 11.3. The highest BCUT2D eigenvalue weighted by molar-refractivity contribution is 5.49. The van der Waals surface area contributed by atoms with Gasteiger partial charge in [-0.3, -0.25) is 0 Å². The van der Waals surface area contributed by atoms with E-state index < -0.39 is 0 Å². The van der Waals surface area contributed by atoms with Gasteiger partial charge in [-0.05, 0) is 85.1 Å². The molecule has 0 heterocycles. The Morgan fingerprint density at radius 3 is 2.06 bits per heavy atom. The molecule has 0 unspecified atom stereocenters. The van der Waals surface area contributed by atoms with Crippen LogP contribution in [0.15, 0.2) is 6.07 Å². The van der Waals surface area contributed by atoms with Crippen LogP contribution in [-0.2, 0) is 25.7 Å². The predicted octanol–water partition coefficient (Wildman–Crippen LogP) is 4.57. The lowest BCUT2D eigenvalue weighted by atomic mass is 9.76. The molecule has 1 aromatic carbocycles. The molecule has 0 fully saturated rings. The van der Waals surface area contributed by atoms with Crippen LogP contribution in [0, 0.1) is 0 Å². The standard InChI is InChI=1S/C17H24/c1-12(2)17-11-13-7-3-4-8-14(13)15-9-5-6-10-16(15)17/h11-12H,3-10H2,1-2H3. The minimum absolute atomic E-state index is 0.703. The first kappa shape index (κ1) is 11.3. The maximum Gasteiger partial charge on any atom is -0.0216 e. The number of aryl methyl sites for hydroxylation is 1. The first-order chi connectivity index (χ1) is 8.27. The van der Waals surface area contributed by atoms with Crippen LogP contribution in [0.2, 0.25) is 0 Å². The summed E-state index contributed by atoms with van der Waals surface area (Å²) in [5, 5.41) is 0.